The second-order valence-corrected chi connectivity index (χ2v) is 6.17. The summed E-state index contributed by atoms with van der Waals surface area (Å²) in [6.07, 6.45) is 0.425. The van der Waals surface area contributed by atoms with Gasteiger partial charge in [0.1, 0.15) is 11.5 Å². The van der Waals surface area contributed by atoms with Crippen molar-refractivity contribution in [1.82, 2.24) is 5.32 Å². The van der Waals surface area contributed by atoms with Crippen molar-refractivity contribution in [2.45, 2.75) is 26.9 Å². The van der Waals surface area contributed by atoms with Crippen LogP contribution in [-0.2, 0) is 30.5 Å². The fraction of sp³-hybridized carbons (Fsp3) is 0.550. The molecule has 1 aromatic carbocycles. The first-order valence-corrected chi connectivity index (χ1v) is 8.98. The molecule has 0 spiro atoms. The number of ether oxygens (including phenoxy) is 3. The van der Waals surface area contributed by atoms with Crippen molar-refractivity contribution in [2.75, 3.05) is 39.6 Å². The van der Waals surface area contributed by atoms with E-state index in [2.05, 4.69) is 10.2 Å². The molecule has 0 aliphatic rings. The van der Waals surface area contributed by atoms with E-state index in [9.17, 15) is 9.59 Å². The van der Waals surface area contributed by atoms with Gasteiger partial charge in [-0.2, -0.15) is 0 Å². The molecule has 160 valence electrons. The Morgan fingerprint density at radius 1 is 1.03 bits per heavy atom. The molecular weight excluding hydrogens is 403 g/mol. The molecule has 1 rings (SSSR count). The second-order valence-electron chi connectivity index (χ2n) is 6.17. The molecule has 0 aliphatic heterocycles. The molecule has 1 amide bonds. The smallest absolute Gasteiger partial charge is 0.549 e. The van der Waals surface area contributed by atoms with Crippen molar-refractivity contribution in [2.24, 2.45) is 5.92 Å². The van der Waals surface area contributed by atoms with E-state index < -0.39 is 0 Å². The molecule has 0 bridgehead atoms. The Kier molecular flexibility index (Phi) is 20.8. The molecule has 2 N–H and O–H groups in total. The first-order valence-electron chi connectivity index (χ1n) is 8.98. The summed E-state index contributed by atoms with van der Waals surface area (Å²) in [6.45, 7) is 5.87. The number of Topliss-reactive ketones (excluding diaryl/α,β-unsaturated/α-hetero) is 1. The van der Waals surface area contributed by atoms with Crippen LogP contribution >= 0.6 is 0 Å². The van der Waals surface area contributed by atoms with Gasteiger partial charge < -0.3 is 37.7 Å². The number of ketones is 1. The van der Waals surface area contributed by atoms with Crippen LogP contribution in [0.5, 0.6) is 5.75 Å². The van der Waals surface area contributed by atoms with E-state index in [1.54, 1.807) is 24.3 Å². The number of carbonyl (C=O) groups is 2. The van der Waals surface area contributed by atoms with Crippen LogP contribution in [0, 0.1) is 13.3 Å². The summed E-state index contributed by atoms with van der Waals surface area (Å²) in [7, 11) is 0. The van der Waals surface area contributed by atoms with Crippen LogP contribution in [0.2, 0.25) is 0 Å². The van der Waals surface area contributed by atoms with Crippen molar-refractivity contribution >= 4 is 11.7 Å². The number of hydrogen-bond acceptors (Lipinski definition) is 6. The molecule has 0 saturated carbocycles. The minimum Gasteiger partial charge on any atom is -0.549 e. The number of amides is 1. The molecule has 0 saturated heterocycles. The van der Waals surface area contributed by atoms with Gasteiger partial charge in [0.15, 0.2) is 6.61 Å². The van der Waals surface area contributed by atoms with Crippen molar-refractivity contribution in [3.05, 3.63) is 43.2 Å². The third-order valence-electron chi connectivity index (χ3n) is 3.61. The van der Waals surface area contributed by atoms with Gasteiger partial charge in [0, 0.05) is 18.9 Å². The molecule has 0 radical (unpaired) electrons. The van der Waals surface area contributed by atoms with Crippen LogP contribution in [0.4, 0.5) is 0 Å². The van der Waals surface area contributed by atoms with Gasteiger partial charge in [0.05, 0.1) is 33.0 Å². The number of hydrogen-bond donors (Lipinski definition) is 1. The average molecular weight is 436 g/mol. The van der Waals surface area contributed by atoms with Gasteiger partial charge in [-0.3, -0.25) is 9.59 Å². The summed E-state index contributed by atoms with van der Waals surface area (Å²) in [4.78, 5) is 27.4. The number of carbonyl (C=O) groups excluding carboxylic acids is 2. The van der Waals surface area contributed by atoms with Gasteiger partial charge in [-0.1, -0.05) is 26.0 Å². The van der Waals surface area contributed by atoms with E-state index in [1.807, 2.05) is 13.8 Å². The topological polar surface area (TPSA) is 107 Å². The zero-order chi connectivity index (χ0) is 19.9. The van der Waals surface area contributed by atoms with Crippen molar-refractivity contribution in [3.8, 4) is 5.75 Å². The Bertz CT molecular complexity index is 554. The molecule has 8 nitrogen and oxygen atoms in total. The fourth-order valence-electron chi connectivity index (χ4n) is 2.01. The van der Waals surface area contributed by atoms with Gasteiger partial charge in [0.2, 0.25) is 0 Å². The van der Waals surface area contributed by atoms with Gasteiger partial charge >= 0.3 is 51.4 Å². The Morgan fingerprint density at radius 2 is 1.66 bits per heavy atom. The third kappa shape index (κ3) is 16.1. The molecule has 0 heterocycles. The van der Waals surface area contributed by atoms with Gasteiger partial charge in [-0.05, 0) is 17.7 Å². The third-order valence-corrected chi connectivity index (χ3v) is 3.61. The predicted molar refractivity (Wildman–Crippen MR) is 107 cm³/mol. The first kappa shape index (κ1) is 30.8. The Balaban J connectivity index is 0. The molecule has 1 aromatic rings. The van der Waals surface area contributed by atoms with Crippen LogP contribution in [-0.4, -0.2) is 51.3 Å². The van der Waals surface area contributed by atoms with E-state index in [4.69, 9.17) is 20.1 Å². The van der Waals surface area contributed by atoms with E-state index in [0.717, 1.165) is 5.56 Å². The number of nitrogens with one attached hydrogen (secondary N) is 2. The molecular formula is C20H32KN2O6-. The zero-order valence-electron chi connectivity index (χ0n) is 18.0. The quantitative estimate of drug-likeness (QED) is 0.176. The summed E-state index contributed by atoms with van der Waals surface area (Å²) in [5.41, 5.74) is 0.856. The maximum atomic E-state index is 11.7. The fourth-order valence-corrected chi connectivity index (χ4v) is 2.01. The molecule has 0 aromatic heterocycles. The normalized spacial score (nSPS) is 10.1. The summed E-state index contributed by atoms with van der Waals surface area (Å²) >= 11 is 0. The summed E-state index contributed by atoms with van der Waals surface area (Å²) in [6, 6.07) is 6.99. The largest absolute Gasteiger partial charge is 1.00 e. The molecule has 0 atom stereocenters. The van der Waals surface area contributed by atoms with E-state index in [1.165, 1.54) is 0 Å². The molecule has 0 unspecified atom stereocenters. The maximum absolute atomic E-state index is 11.7. The monoisotopic (exact) mass is 435 g/mol. The van der Waals surface area contributed by atoms with Crippen molar-refractivity contribution in [1.29, 1.82) is 0 Å². The molecule has 29 heavy (non-hydrogen) atoms. The second kappa shape index (κ2) is 19.6. The summed E-state index contributed by atoms with van der Waals surface area (Å²) in [5, 5.41) is 2.69. The van der Waals surface area contributed by atoms with Crippen molar-refractivity contribution < 1.29 is 80.0 Å². The minimum atomic E-state index is -0.236. The minimum absolute atomic E-state index is 0. The van der Waals surface area contributed by atoms with Crippen LogP contribution in [0.25, 0.3) is 5.90 Å². The predicted octanol–water partition coefficient (Wildman–Crippen LogP) is -0.232. The Hall–Kier alpha value is -0.364. The van der Waals surface area contributed by atoms with Crippen LogP contribution in [0.15, 0.2) is 24.3 Å². The summed E-state index contributed by atoms with van der Waals surface area (Å²) in [5.74, 6) is 7.25. The molecule has 0 fully saturated rings. The SMILES string of the molecule is CC(C)C(=O)CCOCCOCCNC(=O)COc1ccc(CO[NH-])cc1.[CH3-].[K+]. The first-order chi connectivity index (χ1) is 13.0. The maximum Gasteiger partial charge on any atom is 1.00 e. The zero-order valence-corrected chi connectivity index (χ0v) is 21.1. The number of rotatable bonds is 15. The van der Waals surface area contributed by atoms with Gasteiger partial charge in [-0.25, -0.2) is 0 Å². The number of benzene rings is 1. The van der Waals surface area contributed by atoms with E-state index >= 15 is 0 Å². The van der Waals surface area contributed by atoms with Gasteiger partial charge in [-0.15, -0.1) is 0 Å². The van der Waals surface area contributed by atoms with Crippen molar-refractivity contribution in [3.63, 3.8) is 0 Å². The Morgan fingerprint density at radius 3 is 2.24 bits per heavy atom. The Labute approximate surface area is 216 Å². The van der Waals surface area contributed by atoms with Crippen LogP contribution in [0.3, 0.4) is 0 Å². The van der Waals surface area contributed by atoms with Gasteiger partial charge in [0.25, 0.3) is 5.91 Å². The molecule has 9 heteroatoms. The molecule has 0 aliphatic carbocycles. The van der Waals surface area contributed by atoms with E-state index in [0.29, 0.717) is 45.1 Å². The summed E-state index contributed by atoms with van der Waals surface area (Å²) < 4.78 is 16.0. The van der Waals surface area contributed by atoms with E-state index in [-0.39, 0.29) is 89.6 Å². The average Bonchev–Trinajstić information content (AvgIpc) is 2.66. The van der Waals surface area contributed by atoms with Crippen LogP contribution < -0.4 is 61.4 Å². The standard InChI is InChI=1S/C19H29N2O6.CH3.K/c1-15(2)18(22)7-9-24-11-12-25-10-8-21-19(23)14-26-17-5-3-16(4-6-17)13-27-20;;/h3-6,15,20H,7-14H2,1-2H3,(H,21,23);1H3;/q2*-1;+1. The van der Waals surface area contributed by atoms with Crippen LogP contribution in [0.1, 0.15) is 25.8 Å².